The van der Waals surface area contributed by atoms with Crippen LogP contribution in [0.2, 0.25) is 0 Å². The number of hydrogen-bond donors (Lipinski definition) is 2. The highest BCUT2D eigenvalue weighted by Crippen LogP contribution is 2.52. The molecule has 1 saturated heterocycles. The Hall–Kier alpha value is -3.39. The summed E-state index contributed by atoms with van der Waals surface area (Å²) in [5, 5.41) is 11.9. The number of piperidine rings is 1. The van der Waals surface area contributed by atoms with E-state index in [4.69, 9.17) is 9.47 Å². The van der Waals surface area contributed by atoms with Crippen LogP contribution in [0.25, 0.3) is 11.1 Å². The monoisotopic (exact) mass is 464 g/mol. The first-order chi connectivity index (χ1) is 16.4. The largest absolute Gasteiger partial charge is 0.481 e. The molecule has 0 bridgehead atoms. The average molecular weight is 465 g/mol. The Morgan fingerprint density at radius 2 is 1.59 bits per heavy atom. The molecule has 2 fully saturated rings. The molecular formula is C26H28N2O6. The third-order valence-corrected chi connectivity index (χ3v) is 7.52. The summed E-state index contributed by atoms with van der Waals surface area (Å²) in [6.45, 7) is 2.64. The maximum Gasteiger partial charge on any atom is 0.407 e. The number of carbonyl (C=O) groups is 3. The average Bonchev–Trinajstić information content (AvgIpc) is 3.20. The number of carboxylic acids is 1. The number of carbonyl (C=O) groups excluding carboxylic acids is 2. The Bertz CT molecular complexity index is 1080. The number of likely N-dealkylation sites (tertiary alicyclic amines) is 1. The van der Waals surface area contributed by atoms with Gasteiger partial charge in [-0.3, -0.25) is 9.59 Å². The van der Waals surface area contributed by atoms with Crippen molar-refractivity contribution >= 4 is 18.0 Å². The van der Waals surface area contributed by atoms with Gasteiger partial charge in [0.2, 0.25) is 5.91 Å². The number of nitrogens with one attached hydrogen (secondary N) is 1. The van der Waals surface area contributed by atoms with Crippen molar-refractivity contribution in [1.82, 2.24) is 10.2 Å². The lowest BCUT2D eigenvalue weighted by molar-refractivity contribution is -0.142. The zero-order valence-corrected chi connectivity index (χ0v) is 19.1. The van der Waals surface area contributed by atoms with Crippen LogP contribution in [-0.4, -0.2) is 66.9 Å². The minimum absolute atomic E-state index is 0.00518. The van der Waals surface area contributed by atoms with Crippen molar-refractivity contribution < 1.29 is 29.0 Å². The maximum atomic E-state index is 13.1. The Morgan fingerprint density at radius 3 is 2.12 bits per heavy atom. The number of amides is 2. The topological polar surface area (TPSA) is 105 Å². The van der Waals surface area contributed by atoms with E-state index in [2.05, 4.69) is 17.4 Å². The van der Waals surface area contributed by atoms with Crippen molar-refractivity contribution in [3.63, 3.8) is 0 Å². The molecule has 3 aliphatic rings. The molecule has 1 saturated carbocycles. The molecule has 5 atom stereocenters. The van der Waals surface area contributed by atoms with Gasteiger partial charge < -0.3 is 24.8 Å². The molecular weight excluding hydrogens is 436 g/mol. The number of alkyl carbamates (subject to hydrolysis) is 1. The van der Waals surface area contributed by atoms with E-state index in [0.717, 1.165) is 22.3 Å². The lowest BCUT2D eigenvalue weighted by atomic mass is 9.98. The quantitative estimate of drug-likeness (QED) is 0.653. The number of nitrogens with zero attached hydrogens (tertiary/aromatic N) is 1. The van der Waals surface area contributed by atoms with E-state index in [9.17, 15) is 19.5 Å². The first kappa shape index (κ1) is 22.4. The number of methoxy groups -OCH3 is 1. The molecule has 34 heavy (non-hydrogen) atoms. The summed E-state index contributed by atoms with van der Waals surface area (Å²) in [6.07, 6.45) is -1.25. The third kappa shape index (κ3) is 3.81. The van der Waals surface area contributed by atoms with Crippen LogP contribution in [0.4, 0.5) is 4.79 Å². The molecule has 1 heterocycles. The van der Waals surface area contributed by atoms with Gasteiger partial charge in [0.15, 0.2) is 0 Å². The van der Waals surface area contributed by atoms with Gasteiger partial charge in [-0.15, -0.1) is 0 Å². The van der Waals surface area contributed by atoms with Gasteiger partial charge >= 0.3 is 12.1 Å². The molecule has 0 aromatic heterocycles. The number of carboxylic acid groups (broad SMARTS) is 1. The number of fused-ring (bicyclic) bond motifs is 4. The molecule has 5 rings (SSSR count). The zero-order chi connectivity index (χ0) is 24.0. The van der Waals surface area contributed by atoms with Crippen molar-refractivity contribution in [2.45, 2.75) is 25.0 Å². The highest BCUT2D eigenvalue weighted by Gasteiger charge is 2.61. The van der Waals surface area contributed by atoms with Crippen molar-refractivity contribution in [3.05, 3.63) is 59.7 Å². The molecule has 2 aliphatic carbocycles. The summed E-state index contributed by atoms with van der Waals surface area (Å²) in [5.74, 6) is -1.54. The van der Waals surface area contributed by atoms with Gasteiger partial charge in [-0.05, 0) is 41.0 Å². The van der Waals surface area contributed by atoms with Crippen LogP contribution in [0, 0.1) is 17.8 Å². The fourth-order valence-corrected chi connectivity index (χ4v) is 5.55. The van der Waals surface area contributed by atoms with Gasteiger partial charge in [-0.25, -0.2) is 4.79 Å². The highest BCUT2D eigenvalue weighted by atomic mass is 16.5. The van der Waals surface area contributed by atoms with E-state index in [1.807, 2.05) is 36.4 Å². The SMILES string of the molecule is CO[C@H](C)[C@H](NC(=O)OCC1c2ccccc2-c2ccccc21)C(=O)N1C[C@@H]2C(C(=O)O)[C@@H]2C1. The molecule has 1 aliphatic heterocycles. The molecule has 2 N–H and O–H groups in total. The second kappa shape index (κ2) is 8.76. The molecule has 2 aromatic rings. The second-order valence-corrected chi connectivity index (χ2v) is 9.32. The van der Waals surface area contributed by atoms with Crippen LogP contribution >= 0.6 is 0 Å². The summed E-state index contributed by atoms with van der Waals surface area (Å²) in [4.78, 5) is 38.7. The number of benzene rings is 2. The molecule has 178 valence electrons. The molecule has 2 amide bonds. The highest BCUT2D eigenvalue weighted by molar-refractivity contribution is 5.87. The van der Waals surface area contributed by atoms with E-state index >= 15 is 0 Å². The fourth-order valence-electron chi connectivity index (χ4n) is 5.55. The van der Waals surface area contributed by atoms with Crippen LogP contribution in [0.5, 0.6) is 0 Å². The Balaban J connectivity index is 1.23. The van der Waals surface area contributed by atoms with Crippen molar-refractivity contribution in [1.29, 1.82) is 0 Å². The number of hydrogen-bond acceptors (Lipinski definition) is 5. The summed E-state index contributed by atoms with van der Waals surface area (Å²) >= 11 is 0. The number of aliphatic carboxylic acids is 1. The predicted octanol–water partition coefficient (Wildman–Crippen LogP) is 2.72. The van der Waals surface area contributed by atoms with E-state index in [0.29, 0.717) is 13.1 Å². The molecule has 8 nitrogen and oxygen atoms in total. The summed E-state index contributed by atoms with van der Waals surface area (Å²) in [5.41, 5.74) is 4.50. The molecule has 2 aromatic carbocycles. The van der Waals surface area contributed by atoms with Crippen molar-refractivity contribution in [3.8, 4) is 11.1 Å². The van der Waals surface area contributed by atoms with Crippen LogP contribution in [0.3, 0.4) is 0 Å². The third-order valence-electron chi connectivity index (χ3n) is 7.52. The van der Waals surface area contributed by atoms with E-state index in [1.54, 1.807) is 11.8 Å². The van der Waals surface area contributed by atoms with E-state index in [-0.39, 0.29) is 36.2 Å². The van der Waals surface area contributed by atoms with Crippen LogP contribution in [0.15, 0.2) is 48.5 Å². The first-order valence-electron chi connectivity index (χ1n) is 11.6. The van der Waals surface area contributed by atoms with Gasteiger partial charge in [-0.1, -0.05) is 48.5 Å². The zero-order valence-electron chi connectivity index (χ0n) is 19.1. The summed E-state index contributed by atoms with van der Waals surface area (Å²) in [6, 6.07) is 15.3. The fraction of sp³-hybridized carbons (Fsp3) is 0.423. The Morgan fingerprint density at radius 1 is 1.03 bits per heavy atom. The standard InChI is InChI=1S/C26H28N2O6/c1-14(33-2)23(24(29)28-11-19-20(12-28)22(19)25(30)31)27-26(32)34-13-21-17-9-5-3-7-15(17)16-8-4-6-10-18(16)21/h3-10,14,19-23H,11-13H2,1-2H3,(H,27,32)(H,30,31)/t14-,19-,20+,22?,23+/m1/s1. The Kier molecular flexibility index (Phi) is 5.77. The van der Waals surface area contributed by atoms with Crippen molar-refractivity contribution in [2.24, 2.45) is 17.8 Å². The molecule has 1 unspecified atom stereocenters. The molecule has 0 spiro atoms. The lowest BCUT2D eigenvalue weighted by Gasteiger charge is -2.29. The smallest absolute Gasteiger partial charge is 0.407 e. The normalized spacial score (nSPS) is 23.9. The molecule has 0 radical (unpaired) electrons. The van der Waals surface area contributed by atoms with Gasteiger partial charge in [0.05, 0.1) is 12.0 Å². The van der Waals surface area contributed by atoms with Crippen LogP contribution in [-0.2, 0) is 19.1 Å². The van der Waals surface area contributed by atoms with Gasteiger partial charge in [0.25, 0.3) is 0 Å². The number of ether oxygens (including phenoxy) is 2. The van der Waals surface area contributed by atoms with Crippen LogP contribution in [0.1, 0.15) is 24.0 Å². The summed E-state index contributed by atoms with van der Waals surface area (Å²) < 4.78 is 11.0. The molecule has 8 heteroatoms. The van der Waals surface area contributed by atoms with E-state index in [1.165, 1.54) is 7.11 Å². The van der Waals surface area contributed by atoms with Gasteiger partial charge in [-0.2, -0.15) is 0 Å². The van der Waals surface area contributed by atoms with Crippen molar-refractivity contribution in [2.75, 3.05) is 26.8 Å². The Labute approximate surface area is 197 Å². The maximum absolute atomic E-state index is 13.1. The number of rotatable bonds is 7. The van der Waals surface area contributed by atoms with Gasteiger partial charge in [0, 0.05) is 26.1 Å². The lowest BCUT2D eigenvalue weighted by Crippen LogP contribution is -2.54. The minimum atomic E-state index is -0.915. The van der Waals surface area contributed by atoms with Crippen LogP contribution < -0.4 is 5.32 Å². The summed E-state index contributed by atoms with van der Waals surface area (Å²) in [7, 11) is 1.48. The minimum Gasteiger partial charge on any atom is -0.481 e. The predicted molar refractivity (Wildman–Crippen MR) is 123 cm³/mol. The first-order valence-corrected chi connectivity index (χ1v) is 11.6. The second-order valence-electron chi connectivity index (χ2n) is 9.32. The van der Waals surface area contributed by atoms with E-state index < -0.39 is 24.2 Å². The van der Waals surface area contributed by atoms with Gasteiger partial charge in [0.1, 0.15) is 12.6 Å².